The third kappa shape index (κ3) is 4.71. The Morgan fingerprint density at radius 2 is 1.56 bits per heavy atom. The first-order chi connectivity index (χ1) is 16.3. The molecule has 0 atom stereocenters. The topological polar surface area (TPSA) is 93.1 Å². The number of fused-ring (bicyclic) bond motifs is 1. The van der Waals surface area contributed by atoms with E-state index in [-0.39, 0.29) is 29.8 Å². The molecule has 3 aromatic carbocycles. The van der Waals surface area contributed by atoms with Gasteiger partial charge in [-0.25, -0.2) is 9.37 Å². The minimum absolute atomic E-state index is 0.0286. The fourth-order valence-electron chi connectivity index (χ4n) is 3.50. The molecule has 0 aliphatic rings. The number of anilines is 2. The van der Waals surface area contributed by atoms with Crippen LogP contribution in [0.4, 0.5) is 15.8 Å². The summed E-state index contributed by atoms with van der Waals surface area (Å²) in [6, 6.07) is 19.6. The lowest BCUT2D eigenvalue weighted by atomic mass is 10.1. The van der Waals surface area contributed by atoms with E-state index >= 15 is 0 Å². The quantitative estimate of drug-likeness (QED) is 0.447. The number of carbonyl (C=O) groups is 2. The van der Waals surface area contributed by atoms with Crippen LogP contribution in [-0.2, 0) is 16.1 Å². The van der Waals surface area contributed by atoms with Crippen LogP contribution in [0.15, 0.2) is 77.6 Å². The van der Waals surface area contributed by atoms with Gasteiger partial charge in [-0.05, 0) is 30.3 Å². The summed E-state index contributed by atoms with van der Waals surface area (Å²) in [4.78, 5) is 43.1. The molecule has 1 aromatic heterocycles. The van der Waals surface area contributed by atoms with Crippen LogP contribution in [0.3, 0.4) is 0 Å². The van der Waals surface area contributed by atoms with Crippen molar-refractivity contribution in [1.82, 2.24) is 9.55 Å². The molecule has 4 aromatic rings. The van der Waals surface area contributed by atoms with Crippen molar-refractivity contribution in [2.24, 2.45) is 5.92 Å². The molecule has 0 fully saturated rings. The maximum Gasteiger partial charge on any atom is 0.278 e. The first kappa shape index (κ1) is 22.8. The van der Waals surface area contributed by atoms with Gasteiger partial charge >= 0.3 is 0 Å². The zero-order chi connectivity index (χ0) is 24.2. The standard InChI is InChI=1S/C26H23FN4O3/c1-16(2)25(33)30-19-11-5-3-9-17(19)24-26(34)31(22-14-8-7-13-21(22)29-24)15-23(32)28-20-12-6-4-10-18(20)27/h3-14,16H,15H2,1-2H3,(H,28,32)(H,30,33). The van der Waals surface area contributed by atoms with Crippen molar-refractivity contribution < 1.29 is 14.0 Å². The number of hydrogen-bond acceptors (Lipinski definition) is 4. The number of aromatic nitrogens is 2. The van der Waals surface area contributed by atoms with E-state index in [4.69, 9.17) is 0 Å². The summed E-state index contributed by atoms with van der Waals surface area (Å²) in [5, 5.41) is 5.34. The zero-order valence-corrected chi connectivity index (χ0v) is 18.7. The van der Waals surface area contributed by atoms with Crippen molar-refractivity contribution in [3.63, 3.8) is 0 Å². The van der Waals surface area contributed by atoms with Gasteiger partial charge in [0.1, 0.15) is 18.1 Å². The van der Waals surface area contributed by atoms with Crippen molar-refractivity contribution in [3.05, 3.63) is 89.0 Å². The second kappa shape index (κ2) is 9.66. The highest BCUT2D eigenvalue weighted by atomic mass is 19.1. The first-order valence-corrected chi connectivity index (χ1v) is 10.8. The van der Waals surface area contributed by atoms with Crippen molar-refractivity contribution in [1.29, 1.82) is 0 Å². The highest BCUT2D eigenvalue weighted by Crippen LogP contribution is 2.26. The number of rotatable bonds is 6. The average Bonchev–Trinajstić information content (AvgIpc) is 2.82. The molecule has 0 unspecified atom stereocenters. The molecule has 0 aliphatic carbocycles. The predicted molar refractivity (Wildman–Crippen MR) is 130 cm³/mol. The Balaban J connectivity index is 1.79. The fraction of sp³-hybridized carbons (Fsp3) is 0.154. The van der Waals surface area contributed by atoms with E-state index in [2.05, 4.69) is 15.6 Å². The number of para-hydroxylation sites is 4. The Bertz CT molecular complexity index is 1450. The molecule has 0 aliphatic heterocycles. The fourth-order valence-corrected chi connectivity index (χ4v) is 3.50. The average molecular weight is 458 g/mol. The van der Waals surface area contributed by atoms with E-state index in [0.29, 0.717) is 22.3 Å². The summed E-state index contributed by atoms with van der Waals surface area (Å²) in [5.41, 5.74) is 1.47. The van der Waals surface area contributed by atoms with Crippen LogP contribution in [0.2, 0.25) is 0 Å². The summed E-state index contributed by atoms with van der Waals surface area (Å²) in [6.45, 7) is 3.20. The molecule has 7 nitrogen and oxygen atoms in total. The van der Waals surface area contributed by atoms with Crippen molar-refractivity contribution in [2.75, 3.05) is 10.6 Å². The van der Waals surface area contributed by atoms with Gasteiger partial charge in [-0.1, -0.05) is 56.3 Å². The van der Waals surface area contributed by atoms with E-state index in [1.165, 1.54) is 22.8 Å². The minimum Gasteiger partial charge on any atom is -0.325 e. The number of amides is 2. The molecule has 0 bridgehead atoms. The Kier molecular flexibility index (Phi) is 6.49. The van der Waals surface area contributed by atoms with Crippen LogP contribution in [-0.4, -0.2) is 21.4 Å². The van der Waals surface area contributed by atoms with Crippen molar-refractivity contribution >= 4 is 34.2 Å². The lowest BCUT2D eigenvalue weighted by molar-refractivity contribution is -0.119. The molecule has 0 spiro atoms. The molecule has 0 saturated heterocycles. The summed E-state index contributed by atoms with van der Waals surface area (Å²) in [5.74, 6) is -1.58. The number of benzene rings is 3. The van der Waals surface area contributed by atoms with Gasteiger partial charge in [-0.2, -0.15) is 0 Å². The summed E-state index contributed by atoms with van der Waals surface area (Å²) in [7, 11) is 0. The second-order valence-electron chi connectivity index (χ2n) is 8.06. The van der Waals surface area contributed by atoms with Crippen LogP contribution in [0.25, 0.3) is 22.3 Å². The van der Waals surface area contributed by atoms with Crippen molar-refractivity contribution in [2.45, 2.75) is 20.4 Å². The van der Waals surface area contributed by atoms with E-state index in [0.717, 1.165) is 0 Å². The van der Waals surface area contributed by atoms with Crippen LogP contribution in [0.1, 0.15) is 13.8 Å². The zero-order valence-electron chi connectivity index (χ0n) is 18.7. The summed E-state index contributed by atoms with van der Waals surface area (Å²) in [6.07, 6.45) is 0. The van der Waals surface area contributed by atoms with Gasteiger partial charge in [0.15, 0.2) is 0 Å². The minimum atomic E-state index is -0.571. The first-order valence-electron chi connectivity index (χ1n) is 10.8. The van der Waals surface area contributed by atoms with Gasteiger partial charge in [0.05, 0.1) is 22.4 Å². The predicted octanol–water partition coefficient (Wildman–Crippen LogP) is 4.44. The van der Waals surface area contributed by atoms with E-state index in [1.54, 1.807) is 68.4 Å². The number of nitrogens with one attached hydrogen (secondary N) is 2. The molecule has 4 rings (SSSR count). The number of hydrogen-bond donors (Lipinski definition) is 2. The Morgan fingerprint density at radius 1 is 0.912 bits per heavy atom. The van der Waals surface area contributed by atoms with Gasteiger partial charge in [-0.15, -0.1) is 0 Å². The SMILES string of the molecule is CC(C)C(=O)Nc1ccccc1-c1nc2ccccc2n(CC(=O)Nc2ccccc2F)c1=O. The summed E-state index contributed by atoms with van der Waals surface area (Å²) < 4.78 is 15.3. The second-order valence-corrected chi connectivity index (χ2v) is 8.06. The maximum atomic E-state index is 14.0. The van der Waals surface area contributed by atoms with Crippen LogP contribution >= 0.6 is 0 Å². The molecular weight excluding hydrogens is 435 g/mol. The normalized spacial score (nSPS) is 10.9. The molecule has 8 heteroatoms. The van der Waals surface area contributed by atoms with Gasteiger partial charge in [0.25, 0.3) is 5.56 Å². The number of carbonyl (C=O) groups excluding carboxylic acids is 2. The molecule has 1 heterocycles. The Hall–Kier alpha value is -4.33. The Morgan fingerprint density at radius 3 is 2.29 bits per heavy atom. The summed E-state index contributed by atoms with van der Waals surface area (Å²) >= 11 is 0. The largest absolute Gasteiger partial charge is 0.325 e. The van der Waals surface area contributed by atoms with Crippen LogP contribution in [0, 0.1) is 11.7 Å². The number of halogens is 1. The third-order valence-corrected chi connectivity index (χ3v) is 5.27. The highest BCUT2D eigenvalue weighted by molar-refractivity contribution is 5.96. The maximum absolute atomic E-state index is 14.0. The molecule has 0 saturated carbocycles. The molecule has 34 heavy (non-hydrogen) atoms. The van der Waals surface area contributed by atoms with Gasteiger partial charge in [0, 0.05) is 11.5 Å². The van der Waals surface area contributed by atoms with E-state index < -0.39 is 17.3 Å². The van der Waals surface area contributed by atoms with Gasteiger partial charge in [-0.3, -0.25) is 19.0 Å². The molecular formula is C26H23FN4O3. The molecule has 172 valence electrons. The number of nitrogens with zero attached hydrogens (tertiary/aromatic N) is 2. The molecule has 0 radical (unpaired) electrons. The van der Waals surface area contributed by atoms with E-state index in [9.17, 15) is 18.8 Å². The van der Waals surface area contributed by atoms with Crippen LogP contribution < -0.4 is 16.2 Å². The van der Waals surface area contributed by atoms with Gasteiger partial charge in [0.2, 0.25) is 11.8 Å². The molecule has 2 amide bonds. The van der Waals surface area contributed by atoms with Crippen LogP contribution in [0.5, 0.6) is 0 Å². The smallest absolute Gasteiger partial charge is 0.278 e. The Labute approximate surface area is 195 Å². The monoisotopic (exact) mass is 458 g/mol. The van der Waals surface area contributed by atoms with Gasteiger partial charge < -0.3 is 10.6 Å². The molecule has 2 N–H and O–H groups in total. The van der Waals surface area contributed by atoms with E-state index in [1.807, 2.05) is 0 Å². The lowest BCUT2D eigenvalue weighted by Crippen LogP contribution is -2.30. The highest BCUT2D eigenvalue weighted by Gasteiger charge is 2.19. The lowest BCUT2D eigenvalue weighted by Gasteiger charge is -2.15. The third-order valence-electron chi connectivity index (χ3n) is 5.27. The van der Waals surface area contributed by atoms with Crippen molar-refractivity contribution in [3.8, 4) is 11.3 Å².